The Morgan fingerprint density at radius 3 is 2.95 bits per heavy atom. The monoisotopic (exact) mass is 340 g/mol. The number of hydrogen-bond acceptors (Lipinski definition) is 4. The van der Waals surface area contributed by atoms with Crippen molar-refractivity contribution < 1.29 is 4.42 Å². The average molecular weight is 341 g/mol. The highest BCUT2D eigenvalue weighted by atomic mass is 79.9. The summed E-state index contributed by atoms with van der Waals surface area (Å²) in [6.45, 7) is 4.31. The molecule has 2 aromatic heterocycles. The standard InChI is InChI=1S/C14H17BrN2OS/c15-13-5-4-12(19-13)14(11-3-1-10-18-11)17-8-2-6-16-7-9-17/h1,3-5,10,14,16H,2,6-9H2. The summed E-state index contributed by atoms with van der Waals surface area (Å²) in [5.74, 6) is 1.04. The Labute approximate surface area is 125 Å². The van der Waals surface area contributed by atoms with Gasteiger partial charge in [-0.05, 0) is 53.2 Å². The minimum Gasteiger partial charge on any atom is -0.467 e. The van der Waals surface area contributed by atoms with E-state index in [1.165, 1.54) is 15.1 Å². The molecule has 3 heterocycles. The Kier molecular flexibility index (Phi) is 4.38. The van der Waals surface area contributed by atoms with E-state index in [0.717, 1.165) is 31.9 Å². The van der Waals surface area contributed by atoms with Crippen molar-refractivity contribution in [2.75, 3.05) is 26.2 Å². The number of nitrogens with zero attached hydrogens (tertiary/aromatic N) is 1. The molecule has 0 aliphatic carbocycles. The van der Waals surface area contributed by atoms with Crippen LogP contribution in [0.1, 0.15) is 23.1 Å². The molecule has 3 rings (SSSR count). The zero-order valence-electron chi connectivity index (χ0n) is 10.6. The first-order valence-corrected chi connectivity index (χ1v) is 8.19. The molecule has 102 valence electrons. The first kappa shape index (κ1) is 13.4. The molecule has 1 atom stereocenters. The van der Waals surface area contributed by atoms with Crippen molar-refractivity contribution in [3.8, 4) is 0 Å². The highest BCUT2D eigenvalue weighted by Crippen LogP contribution is 2.35. The summed E-state index contributed by atoms with van der Waals surface area (Å²) < 4.78 is 6.86. The van der Waals surface area contributed by atoms with Gasteiger partial charge in [0.25, 0.3) is 0 Å². The zero-order valence-corrected chi connectivity index (χ0v) is 13.0. The molecule has 5 heteroatoms. The van der Waals surface area contributed by atoms with Crippen molar-refractivity contribution in [1.82, 2.24) is 10.2 Å². The molecule has 1 aliphatic heterocycles. The summed E-state index contributed by atoms with van der Waals surface area (Å²) in [5.41, 5.74) is 0. The van der Waals surface area contributed by atoms with Crippen LogP contribution in [0.4, 0.5) is 0 Å². The molecule has 0 saturated carbocycles. The quantitative estimate of drug-likeness (QED) is 0.926. The molecule has 2 aromatic rings. The van der Waals surface area contributed by atoms with Gasteiger partial charge >= 0.3 is 0 Å². The minimum atomic E-state index is 0.242. The van der Waals surface area contributed by atoms with Crippen LogP contribution < -0.4 is 5.32 Å². The fraction of sp³-hybridized carbons (Fsp3) is 0.429. The van der Waals surface area contributed by atoms with E-state index in [2.05, 4.69) is 44.3 Å². The van der Waals surface area contributed by atoms with E-state index in [0.29, 0.717) is 0 Å². The van der Waals surface area contributed by atoms with Crippen LogP contribution in [0.15, 0.2) is 38.7 Å². The number of halogens is 1. The molecular weight excluding hydrogens is 324 g/mol. The maximum absolute atomic E-state index is 5.68. The highest BCUT2D eigenvalue weighted by Gasteiger charge is 2.26. The van der Waals surface area contributed by atoms with Crippen LogP contribution in [0.3, 0.4) is 0 Å². The lowest BCUT2D eigenvalue weighted by molar-refractivity contribution is 0.219. The minimum absolute atomic E-state index is 0.242. The third-order valence-corrected chi connectivity index (χ3v) is 5.09. The molecule has 0 aromatic carbocycles. The second kappa shape index (κ2) is 6.22. The summed E-state index contributed by atoms with van der Waals surface area (Å²) in [6.07, 6.45) is 2.95. The fourth-order valence-corrected chi connectivity index (χ4v) is 4.11. The van der Waals surface area contributed by atoms with Gasteiger partial charge in [-0.1, -0.05) is 0 Å². The molecule has 1 fully saturated rings. The first-order chi connectivity index (χ1) is 9.34. The van der Waals surface area contributed by atoms with Gasteiger partial charge in [0.2, 0.25) is 0 Å². The summed E-state index contributed by atoms with van der Waals surface area (Å²) in [5, 5.41) is 3.46. The molecule has 0 spiro atoms. The van der Waals surface area contributed by atoms with Crippen molar-refractivity contribution in [3.05, 3.63) is 45.0 Å². The zero-order chi connectivity index (χ0) is 13.1. The third-order valence-electron chi connectivity index (χ3n) is 3.42. The van der Waals surface area contributed by atoms with Gasteiger partial charge in [-0.25, -0.2) is 0 Å². The normalized spacial score (nSPS) is 19.2. The van der Waals surface area contributed by atoms with Crippen LogP contribution in [0.25, 0.3) is 0 Å². The third kappa shape index (κ3) is 3.11. The molecule has 0 amide bonds. The molecule has 1 N–H and O–H groups in total. The van der Waals surface area contributed by atoms with Gasteiger partial charge in [-0.15, -0.1) is 11.3 Å². The summed E-state index contributed by atoms with van der Waals surface area (Å²) in [7, 11) is 0. The van der Waals surface area contributed by atoms with Crippen LogP contribution in [0.5, 0.6) is 0 Å². The Hall–Kier alpha value is -0.620. The lowest BCUT2D eigenvalue weighted by atomic mass is 10.1. The Balaban J connectivity index is 1.91. The van der Waals surface area contributed by atoms with E-state index in [1.807, 2.05) is 6.07 Å². The number of hydrogen-bond donors (Lipinski definition) is 1. The van der Waals surface area contributed by atoms with Crippen molar-refractivity contribution in [1.29, 1.82) is 0 Å². The van der Waals surface area contributed by atoms with Crippen LogP contribution in [-0.4, -0.2) is 31.1 Å². The number of nitrogens with one attached hydrogen (secondary N) is 1. The van der Waals surface area contributed by atoms with E-state index in [9.17, 15) is 0 Å². The lowest BCUT2D eigenvalue weighted by Gasteiger charge is -2.28. The van der Waals surface area contributed by atoms with Crippen molar-refractivity contribution in [3.63, 3.8) is 0 Å². The van der Waals surface area contributed by atoms with Crippen molar-refractivity contribution in [2.24, 2.45) is 0 Å². The predicted molar refractivity (Wildman–Crippen MR) is 81.6 cm³/mol. The van der Waals surface area contributed by atoms with Gasteiger partial charge in [-0.2, -0.15) is 0 Å². The average Bonchev–Trinajstić information content (AvgIpc) is 2.98. The lowest BCUT2D eigenvalue weighted by Crippen LogP contribution is -2.32. The van der Waals surface area contributed by atoms with E-state index in [1.54, 1.807) is 17.6 Å². The van der Waals surface area contributed by atoms with Gasteiger partial charge in [0.1, 0.15) is 11.8 Å². The van der Waals surface area contributed by atoms with Crippen LogP contribution in [-0.2, 0) is 0 Å². The van der Waals surface area contributed by atoms with E-state index < -0.39 is 0 Å². The largest absolute Gasteiger partial charge is 0.467 e. The van der Waals surface area contributed by atoms with Crippen LogP contribution in [0, 0.1) is 0 Å². The van der Waals surface area contributed by atoms with Crippen LogP contribution in [0.2, 0.25) is 0 Å². The molecule has 3 nitrogen and oxygen atoms in total. The van der Waals surface area contributed by atoms with Gasteiger partial charge < -0.3 is 9.73 Å². The number of furan rings is 1. The first-order valence-electron chi connectivity index (χ1n) is 6.58. The second-order valence-electron chi connectivity index (χ2n) is 4.70. The molecule has 1 aliphatic rings. The van der Waals surface area contributed by atoms with E-state index in [-0.39, 0.29) is 6.04 Å². The molecular formula is C14H17BrN2OS. The topological polar surface area (TPSA) is 28.4 Å². The number of rotatable bonds is 3. The fourth-order valence-electron chi connectivity index (χ4n) is 2.55. The van der Waals surface area contributed by atoms with E-state index >= 15 is 0 Å². The van der Waals surface area contributed by atoms with E-state index in [4.69, 9.17) is 4.42 Å². The SMILES string of the molecule is Brc1ccc(C(c2ccco2)N2CCCNCC2)s1. The maximum atomic E-state index is 5.68. The molecule has 1 saturated heterocycles. The van der Waals surface area contributed by atoms with Gasteiger partial charge in [0.05, 0.1) is 10.0 Å². The van der Waals surface area contributed by atoms with Crippen molar-refractivity contribution >= 4 is 27.3 Å². The Morgan fingerprint density at radius 1 is 1.26 bits per heavy atom. The summed E-state index contributed by atoms with van der Waals surface area (Å²) >= 11 is 5.35. The summed E-state index contributed by atoms with van der Waals surface area (Å²) in [6, 6.07) is 8.61. The Bertz CT molecular complexity index is 503. The Morgan fingerprint density at radius 2 is 2.21 bits per heavy atom. The summed E-state index contributed by atoms with van der Waals surface area (Å²) in [4.78, 5) is 3.85. The maximum Gasteiger partial charge on any atom is 0.126 e. The molecule has 0 bridgehead atoms. The number of thiophene rings is 1. The van der Waals surface area contributed by atoms with Crippen molar-refractivity contribution in [2.45, 2.75) is 12.5 Å². The van der Waals surface area contributed by atoms with Crippen LogP contribution >= 0.6 is 27.3 Å². The van der Waals surface area contributed by atoms with Gasteiger partial charge in [0, 0.05) is 24.5 Å². The van der Waals surface area contributed by atoms with Gasteiger partial charge in [-0.3, -0.25) is 4.90 Å². The highest BCUT2D eigenvalue weighted by molar-refractivity contribution is 9.11. The molecule has 19 heavy (non-hydrogen) atoms. The molecule has 1 unspecified atom stereocenters. The smallest absolute Gasteiger partial charge is 0.126 e. The second-order valence-corrected chi connectivity index (χ2v) is 7.19. The van der Waals surface area contributed by atoms with Gasteiger partial charge in [0.15, 0.2) is 0 Å². The molecule has 0 radical (unpaired) electrons. The predicted octanol–water partition coefficient (Wildman–Crippen LogP) is 3.49.